The van der Waals surface area contributed by atoms with E-state index in [0.717, 1.165) is 71.9 Å². The fraction of sp³-hybridized carbons (Fsp3) is 0.541. The van der Waals surface area contributed by atoms with Gasteiger partial charge in [0.15, 0.2) is 11.5 Å². The Morgan fingerprint density at radius 3 is 2.35 bits per heavy atom. The number of nitrogens with one attached hydrogen (secondary N) is 1. The first-order chi connectivity index (χ1) is 20.2. The molecule has 4 aliphatic rings. The summed E-state index contributed by atoms with van der Waals surface area (Å²) >= 11 is 0. The lowest BCUT2D eigenvalue weighted by atomic mass is 9.34. The van der Waals surface area contributed by atoms with E-state index in [9.17, 15) is 20.1 Å². The minimum atomic E-state index is -0.700. The zero-order chi connectivity index (χ0) is 30.7. The number of fused-ring (bicyclic) bond motifs is 8. The quantitative estimate of drug-likeness (QED) is 0.183. The highest BCUT2D eigenvalue weighted by atomic mass is 16.5. The molecule has 1 aromatic heterocycles. The molecule has 0 bridgehead atoms. The molecule has 4 aliphatic carbocycles. The molecule has 0 aliphatic heterocycles. The monoisotopic (exact) mass is 583 g/mol. The van der Waals surface area contributed by atoms with Gasteiger partial charge in [-0.1, -0.05) is 39.3 Å². The van der Waals surface area contributed by atoms with Crippen molar-refractivity contribution in [3.05, 3.63) is 64.9 Å². The van der Waals surface area contributed by atoms with E-state index in [1.165, 1.54) is 5.57 Å². The summed E-state index contributed by atoms with van der Waals surface area (Å²) in [5.41, 5.74) is 4.52. The number of phenols is 2. The van der Waals surface area contributed by atoms with Gasteiger partial charge in [-0.2, -0.15) is 0 Å². The molecule has 6 heteroatoms. The van der Waals surface area contributed by atoms with Gasteiger partial charge in [0.25, 0.3) is 0 Å². The lowest BCUT2D eigenvalue weighted by Gasteiger charge is -2.70. The summed E-state index contributed by atoms with van der Waals surface area (Å²) < 4.78 is 5.59. The Morgan fingerprint density at radius 1 is 0.907 bits per heavy atom. The number of carbonyl (C=O) groups is 1. The molecular weight excluding hydrogens is 538 g/mol. The Balaban J connectivity index is 1.44. The van der Waals surface area contributed by atoms with Gasteiger partial charge in [-0.05, 0) is 121 Å². The zero-order valence-corrected chi connectivity index (χ0v) is 26.3. The number of hydrogen-bond acceptors (Lipinski definition) is 4. The zero-order valence-electron chi connectivity index (χ0n) is 26.3. The average Bonchev–Trinajstić information content (AvgIpc) is 3.39. The number of benzene rings is 2. The molecule has 1 unspecified atom stereocenters. The van der Waals surface area contributed by atoms with Crippen LogP contribution in [-0.4, -0.2) is 33.4 Å². The van der Waals surface area contributed by atoms with Gasteiger partial charge in [-0.25, -0.2) is 0 Å². The number of allylic oxidation sites excluding steroid dienone is 2. The van der Waals surface area contributed by atoms with E-state index in [4.69, 9.17) is 4.74 Å². The second-order valence-corrected chi connectivity index (χ2v) is 15.5. The van der Waals surface area contributed by atoms with Crippen LogP contribution in [0.1, 0.15) is 102 Å². The number of phenolic OH excluding ortho intramolecular Hbond substituents is 2. The van der Waals surface area contributed by atoms with Gasteiger partial charge in [0.05, 0.1) is 12.5 Å². The van der Waals surface area contributed by atoms with Crippen molar-refractivity contribution in [1.29, 1.82) is 0 Å². The molecule has 1 heterocycles. The van der Waals surface area contributed by atoms with Crippen LogP contribution in [0, 0.1) is 27.6 Å². The highest BCUT2D eigenvalue weighted by Crippen LogP contribution is 2.75. The van der Waals surface area contributed by atoms with E-state index in [1.807, 2.05) is 19.1 Å². The molecule has 2 aromatic carbocycles. The largest absolute Gasteiger partial charge is 0.504 e. The summed E-state index contributed by atoms with van der Waals surface area (Å²) in [6.07, 6.45) is 11.0. The number of aliphatic carboxylic acids is 1. The van der Waals surface area contributed by atoms with E-state index < -0.39 is 11.4 Å². The maximum atomic E-state index is 12.5. The molecule has 7 atom stereocenters. The standard InChI is InChI=1S/C37H45NO5/c1-33-9-10-34(2,32(41)42)19-31(33)37(5)14-12-35(3)26-18-29(40)28(39)16-23(26)22(17-30(35)36(37,4)13-11-33)25-20-38-27-8-7-21(43-6)15-24(25)27/h7-8,15-18,20,22,31,38-40H,9-14,19H2,1-6H3,(H,41,42)/t22?,31-,33-,34-,35+,36-,37+/m1/s1. The normalized spacial score (nSPS) is 38.3. The Hall–Kier alpha value is -3.41. The maximum Gasteiger partial charge on any atom is 0.309 e. The molecule has 228 valence electrons. The summed E-state index contributed by atoms with van der Waals surface area (Å²) in [6.45, 7) is 11.6. The van der Waals surface area contributed by atoms with Crippen LogP contribution in [0.3, 0.4) is 0 Å². The SMILES string of the molecule is COc1ccc2[nH]cc(C3C=C4[C@@](C)(CC[C@@]5(C)[C@@H]6C[C@](C)(C(=O)O)CC[C@]6(C)CC[C@]45C)c4cc(O)c(O)cc43)c2c1. The number of carboxylic acids is 1. The number of ether oxygens (including phenoxy) is 1. The number of rotatable bonds is 3. The van der Waals surface area contributed by atoms with Crippen LogP contribution in [0.5, 0.6) is 17.2 Å². The van der Waals surface area contributed by atoms with Crippen molar-refractivity contribution in [3.8, 4) is 17.2 Å². The van der Waals surface area contributed by atoms with E-state index in [-0.39, 0.29) is 39.1 Å². The molecule has 7 rings (SSSR count). The lowest BCUT2D eigenvalue weighted by Crippen LogP contribution is -2.62. The molecule has 3 fully saturated rings. The number of aromatic nitrogens is 1. The topological polar surface area (TPSA) is 103 Å². The summed E-state index contributed by atoms with van der Waals surface area (Å²) in [5.74, 6) is 0.106. The Morgan fingerprint density at radius 2 is 1.63 bits per heavy atom. The first-order valence-electron chi connectivity index (χ1n) is 15.9. The Kier molecular flexibility index (Phi) is 5.82. The predicted molar refractivity (Wildman–Crippen MR) is 168 cm³/mol. The van der Waals surface area contributed by atoms with Crippen LogP contribution in [0.15, 0.2) is 48.2 Å². The minimum Gasteiger partial charge on any atom is -0.504 e. The molecule has 3 aromatic rings. The summed E-state index contributed by atoms with van der Waals surface area (Å²) in [5, 5.41) is 33.0. The van der Waals surface area contributed by atoms with Crippen LogP contribution in [0.4, 0.5) is 0 Å². The van der Waals surface area contributed by atoms with Crippen LogP contribution in [0.25, 0.3) is 10.9 Å². The molecule has 0 saturated heterocycles. The molecule has 3 saturated carbocycles. The molecule has 0 amide bonds. The Labute approximate surface area is 254 Å². The van der Waals surface area contributed by atoms with Crippen LogP contribution in [-0.2, 0) is 10.2 Å². The molecular formula is C37H45NO5. The van der Waals surface area contributed by atoms with E-state index in [2.05, 4.69) is 51.0 Å². The van der Waals surface area contributed by atoms with Gasteiger partial charge in [0.1, 0.15) is 5.75 Å². The van der Waals surface area contributed by atoms with Crippen molar-refractivity contribution in [2.45, 2.75) is 90.9 Å². The fourth-order valence-electron chi connectivity index (χ4n) is 10.4. The van der Waals surface area contributed by atoms with E-state index in [1.54, 1.807) is 19.2 Å². The van der Waals surface area contributed by atoms with Gasteiger partial charge in [-0.15, -0.1) is 0 Å². The number of carboxylic acid groups (broad SMARTS) is 1. The number of hydrogen-bond donors (Lipinski definition) is 4. The summed E-state index contributed by atoms with van der Waals surface area (Å²) in [7, 11) is 1.68. The molecule has 4 N–H and O–H groups in total. The van der Waals surface area contributed by atoms with Gasteiger partial charge in [0.2, 0.25) is 0 Å². The van der Waals surface area contributed by atoms with Crippen molar-refractivity contribution >= 4 is 16.9 Å². The van der Waals surface area contributed by atoms with Crippen LogP contribution >= 0.6 is 0 Å². The van der Waals surface area contributed by atoms with Gasteiger partial charge in [0, 0.05) is 28.4 Å². The van der Waals surface area contributed by atoms with E-state index >= 15 is 0 Å². The third-order valence-corrected chi connectivity index (χ3v) is 13.5. The summed E-state index contributed by atoms with van der Waals surface area (Å²) in [6, 6.07) is 9.64. The second-order valence-electron chi connectivity index (χ2n) is 15.5. The fourth-order valence-corrected chi connectivity index (χ4v) is 10.4. The number of aromatic hydroxyl groups is 2. The molecule has 6 nitrogen and oxygen atoms in total. The second kappa shape index (κ2) is 8.83. The van der Waals surface area contributed by atoms with Gasteiger partial charge in [-0.3, -0.25) is 4.79 Å². The third-order valence-electron chi connectivity index (χ3n) is 13.5. The first kappa shape index (κ1) is 28.4. The maximum absolute atomic E-state index is 12.5. The van der Waals surface area contributed by atoms with Crippen molar-refractivity contribution < 1.29 is 24.9 Å². The minimum absolute atomic E-state index is 0.0765. The van der Waals surface area contributed by atoms with Crippen LogP contribution < -0.4 is 4.74 Å². The highest BCUT2D eigenvalue weighted by molar-refractivity contribution is 5.86. The first-order valence-corrected chi connectivity index (χ1v) is 15.9. The number of methoxy groups -OCH3 is 1. The smallest absolute Gasteiger partial charge is 0.309 e. The molecule has 43 heavy (non-hydrogen) atoms. The third kappa shape index (κ3) is 3.61. The average molecular weight is 584 g/mol. The summed E-state index contributed by atoms with van der Waals surface area (Å²) in [4.78, 5) is 16.0. The van der Waals surface area contributed by atoms with Crippen molar-refractivity contribution in [2.24, 2.45) is 27.6 Å². The van der Waals surface area contributed by atoms with Gasteiger partial charge >= 0.3 is 5.97 Å². The number of aromatic amines is 1. The van der Waals surface area contributed by atoms with Crippen molar-refractivity contribution in [1.82, 2.24) is 4.98 Å². The van der Waals surface area contributed by atoms with Crippen molar-refractivity contribution in [2.75, 3.05) is 7.11 Å². The lowest BCUT2D eigenvalue weighted by molar-refractivity contribution is -0.177. The van der Waals surface area contributed by atoms with Crippen molar-refractivity contribution in [3.63, 3.8) is 0 Å². The molecule has 0 spiro atoms. The van der Waals surface area contributed by atoms with E-state index in [0.29, 0.717) is 12.3 Å². The van der Waals surface area contributed by atoms with Crippen LogP contribution in [0.2, 0.25) is 0 Å². The Bertz CT molecular complexity index is 1700. The highest BCUT2D eigenvalue weighted by Gasteiger charge is 2.67. The number of H-pyrrole nitrogens is 1. The molecule has 0 radical (unpaired) electrons. The van der Waals surface area contributed by atoms with Gasteiger partial charge < -0.3 is 25.0 Å². The predicted octanol–water partition coefficient (Wildman–Crippen LogP) is 8.41.